The number of hydrogen-bond donors (Lipinski definition) is 0. The first-order chi connectivity index (χ1) is 6.83. The van der Waals surface area contributed by atoms with Crippen LogP contribution >= 0.6 is 0 Å². The molecule has 2 atom stereocenters. The van der Waals surface area contributed by atoms with Crippen molar-refractivity contribution in [2.45, 2.75) is 12.1 Å². The van der Waals surface area contributed by atoms with Gasteiger partial charge in [0.05, 0.1) is 32.0 Å². The highest BCUT2D eigenvalue weighted by molar-refractivity contribution is 4.84. The molecule has 0 aliphatic carbocycles. The molecule has 2 unspecified atom stereocenters. The van der Waals surface area contributed by atoms with Gasteiger partial charge >= 0.3 is 0 Å². The van der Waals surface area contributed by atoms with Gasteiger partial charge in [0.1, 0.15) is 0 Å². The molecule has 0 amide bonds. The summed E-state index contributed by atoms with van der Waals surface area (Å²) in [6.45, 7) is 7.67. The highest BCUT2D eigenvalue weighted by atomic mass is 16.5. The Morgan fingerprint density at radius 1 is 1.36 bits per heavy atom. The summed E-state index contributed by atoms with van der Waals surface area (Å²) < 4.78 is 15.9. The van der Waals surface area contributed by atoms with Crippen LogP contribution in [0.2, 0.25) is 0 Å². The lowest BCUT2D eigenvalue weighted by Crippen LogP contribution is -2.54. The van der Waals surface area contributed by atoms with E-state index in [9.17, 15) is 0 Å². The Labute approximate surface area is 86.1 Å². The topological polar surface area (TPSA) is 30.9 Å². The molecule has 0 aromatic carbocycles. The zero-order chi connectivity index (χ0) is 10.4. The van der Waals surface area contributed by atoms with Crippen LogP contribution in [0.5, 0.6) is 0 Å². The van der Waals surface area contributed by atoms with E-state index >= 15 is 0 Å². The smallest absolute Gasteiger partial charge is 0.0986 e. The second-order valence-electron chi connectivity index (χ2n) is 3.42. The van der Waals surface area contributed by atoms with E-state index in [0.717, 1.165) is 19.7 Å². The average molecular weight is 202 g/mol. The van der Waals surface area contributed by atoms with E-state index in [1.54, 1.807) is 14.2 Å². The Balaban J connectivity index is 2.52. The molecule has 83 valence electrons. The van der Waals surface area contributed by atoms with Gasteiger partial charge in [0.15, 0.2) is 0 Å². The molecule has 14 heavy (non-hydrogen) atoms. The number of ether oxygens (including phenoxy) is 3. The van der Waals surface area contributed by atoms with Crippen molar-refractivity contribution in [3.05, 3.63) is 6.92 Å². The van der Waals surface area contributed by atoms with Crippen molar-refractivity contribution in [1.82, 2.24) is 4.90 Å². The summed E-state index contributed by atoms with van der Waals surface area (Å²) in [5.74, 6) is 0. The quantitative estimate of drug-likeness (QED) is 0.636. The van der Waals surface area contributed by atoms with E-state index in [4.69, 9.17) is 14.2 Å². The largest absolute Gasteiger partial charge is 0.383 e. The van der Waals surface area contributed by atoms with Crippen LogP contribution in [0.25, 0.3) is 0 Å². The van der Waals surface area contributed by atoms with Crippen molar-refractivity contribution in [2.24, 2.45) is 0 Å². The van der Waals surface area contributed by atoms with Gasteiger partial charge in [-0.3, -0.25) is 4.90 Å². The molecule has 0 aromatic heterocycles. The predicted molar refractivity (Wildman–Crippen MR) is 54.2 cm³/mol. The first kappa shape index (κ1) is 11.9. The summed E-state index contributed by atoms with van der Waals surface area (Å²) in [5.41, 5.74) is 0. The van der Waals surface area contributed by atoms with Crippen molar-refractivity contribution in [3.63, 3.8) is 0 Å². The van der Waals surface area contributed by atoms with E-state index in [-0.39, 0.29) is 12.1 Å². The molecular formula is C10H20NO3. The third kappa shape index (κ3) is 2.92. The van der Waals surface area contributed by atoms with Crippen LogP contribution in [-0.4, -0.2) is 64.2 Å². The Hall–Kier alpha value is -0.160. The monoisotopic (exact) mass is 202 g/mol. The molecule has 1 heterocycles. The molecule has 0 spiro atoms. The molecule has 4 nitrogen and oxygen atoms in total. The fourth-order valence-corrected chi connectivity index (χ4v) is 1.82. The number of methoxy groups -OCH3 is 2. The molecule has 1 aliphatic rings. The lowest BCUT2D eigenvalue weighted by atomic mass is 10.1. The summed E-state index contributed by atoms with van der Waals surface area (Å²) in [6.07, 6.45) is 0.107. The van der Waals surface area contributed by atoms with Gasteiger partial charge in [-0.2, -0.15) is 0 Å². The Morgan fingerprint density at radius 2 is 2.07 bits per heavy atom. The highest BCUT2D eigenvalue weighted by Gasteiger charge is 2.31. The van der Waals surface area contributed by atoms with Crippen molar-refractivity contribution < 1.29 is 14.2 Å². The lowest BCUT2D eigenvalue weighted by molar-refractivity contribution is -0.110. The van der Waals surface area contributed by atoms with Gasteiger partial charge in [-0.05, 0) is 13.5 Å². The molecule has 0 saturated carbocycles. The van der Waals surface area contributed by atoms with Crippen LogP contribution in [0.15, 0.2) is 0 Å². The molecule has 1 aliphatic heterocycles. The second kappa shape index (κ2) is 6.35. The van der Waals surface area contributed by atoms with Crippen LogP contribution in [0.4, 0.5) is 0 Å². The summed E-state index contributed by atoms with van der Waals surface area (Å²) in [5, 5.41) is 0. The maximum Gasteiger partial charge on any atom is 0.0986 e. The third-order valence-corrected chi connectivity index (χ3v) is 2.56. The van der Waals surface area contributed by atoms with Gasteiger partial charge < -0.3 is 14.2 Å². The van der Waals surface area contributed by atoms with Crippen LogP contribution in [-0.2, 0) is 14.2 Å². The zero-order valence-electron chi connectivity index (χ0n) is 9.07. The van der Waals surface area contributed by atoms with Gasteiger partial charge in [-0.25, -0.2) is 0 Å². The van der Waals surface area contributed by atoms with E-state index < -0.39 is 0 Å². The van der Waals surface area contributed by atoms with E-state index in [2.05, 4.69) is 11.8 Å². The minimum Gasteiger partial charge on any atom is -0.383 e. The summed E-state index contributed by atoms with van der Waals surface area (Å²) >= 11 is 0. The molecule has 4 heteroatoms. The first-order valence-corrected chi connectivity index (χ1v) is 4.96. The van der Waals surface area contributed by atoms with Gasteiger partial charge in [-0.15, -0.1) is 0 Å². The molecule has 1 fully saturated rings. The zero-order valence-corrected chi connectivity index (χ0v) is 9.07. The lowest BCUT2D eigenvalue weighted by Gasteiger charge is -2.40. The van der Waals surface area contributed by atoms with Gasteiger partial charge in [-0.1, -0.05) is 0 Å². The summed E-state index contributed by atoms with van der Waals surface area (Å²) in [6, 6.07) is 0.270. The standard InChI is InChI=1S/C10H20NO3/c1-4-11-5-6-14-10(8-13-3)9(11)7-12-2/h9-10H,1,4-8H2,2-3H3. The van der Waals surface area contributed by atoms with Crippen LogP contribution in [0.1, 0.15) is 0 Å². The van der Waals surface area contributed by atoms with Crippen LogP contribution in [0.3, 0.4) is 0 Å². The van der Waals surface area contributed by atoms with E-state index in [0.29, 0.717) is 13.2 Å². The fourth-order valence-electron chi connectivity index (χ4n) is 1.82. The average Bonchev–Trinajstić information content (AvgIpc) is 2.21. The third-order valence-electron chi connectivity index (χ3n) is 2.56. The Morgan fingerprint density at radius 3 is 2.64 bits per heavy atom. The molecular weight excluding hydrogens is 182 g/mol. The van der Waals surface area contributed by atoms with Crippen LogP contribution in [0, 0.1) is 6.92 Å². The molecule has 0 aromatic rings. The van der Waals surface area contributed by atoms with Crippen molar-refractivity contribution in [2.75, 3.05) is 47.1 Å². The SMILES string of the molecule is [CH2]CN1CCOC(COC)C1COC. The molecule has 0 bridgehead atoms. The second-order valence-corrected chi connectivity index (χ2v) is 3.42. The van der Waals surface area contributed by atoms with Crippen molar-refractivity contribution in [3.8, 4) is 0 Å². The van der Waals surface area contributed by atoms with E-state index in [1.807, 2.05) is 0 Å². The minimum absolute atomic E-state index is 0.107. The van der Waals surface area contributed by atoms with Gasteiger partial charge in [0, 0.05) is 20.8 Å². The Bertz CT molecular complexity index is 152. The number of morpholine rings is 1. The van der Waals surface area contributed by atoms with E-state index in [1.165, 1.54) is 0 Å². The highest BCUT2D eigenvalue weighted by Crippen LogP contribution is 2.14. The maximum absolute atomic E-state index is 5.64. The first-order valence-electron chi connectivity index (χ1n) is 4.96. The number of nitrogens with zero attached hydrogens (tertiary/aromatic N) is 1. The predicted octanol–water partition coefficient (Wildman–Crippen LogP) is 0.183. The minimum atomic E-state index is 0.107. The van der Waals surface area contributed by atoms with Gasteiger partial charge in [0.2, 0.25) is 0 Å². The Kier molecular flexibility index (Phi) is 5.40. The molecule has 1 saturated heterocycles. The normalized spacial score (nSPS) is 29.4. The van der Waals surface area contributed by atoms with Crippen molar-refractivity contribution >= 4 is 0 Å². The number of hydrogen-bond acceptors (Lipinski definition) is 4. The van der Waals surface area contributed by atoms with Gasteiger partial charge in [0.25, 0.3) is 0 Å². The number of rotatable bonds is 5. The van der Waals surface area contributed by atoms with Crippen LogP contribution < -0.4 is 0 Å². The fraction of sp³-hybridized carbons (Fsp3) is 0.900. The summed E-state index contributed by atoms with van der Waals surface area (Å²) in [7, 11) is 3.40. The molecule has 0 N–H and O–H groups in total. The molecule has 1 rings (SSSR count). The maximum atomic E-state index is 5.64. The summed E-state index contributed by atoms with van der Waals surface area (Å²) in [4.78, 5) is 2.27. The van der Waals surface area contributed by atoms with Crippen molar-refractivity contribution in [1.29, 1.82) is 0 Å². The molecule has 1 radical (unpaired) electrons.